The van der Waals surface area contributed by atoms with Crippen LogP contribution < -0.4 is 20.1 Å². The predicted octanol–water partition coefficient (Wildman–Crippen LogP) is 4.31. The van der Waals surface area contributed by atoms with Gasteiger partial charge in [0, 0.05) is 49.6 Å². The van der Waals surface area contributed by atoms with E-state index in [1.54, 1.807) is 24.5 Å². The number of fused-ring (bicyclic) bond motifs is 3. The highest BCUT2D eigenvalue weighted by Crippen LogP contribution is 2.44. The van der Waals surface area contributed by atoms with E-state index in [0.717, 1.165) is 43.6 Å². The Morgan fingerprint density at radius 1 is 1.18 bits per heavy atom. The fourth-order valence-corrected chi connectivity index (χ4v) is 5.07. The van der Waals surface area contributed by atoms with Gasteiger partial charge in [0.2, 0.25) is 0 Å². The number of hydrogen-bond acceptors (Lipinski definition) is 7. The molecule has 4 heterocycles. The molecule has 2 aromatic heterocycles. The molecule has 1 unspecified atom stereocenters. The number of para-hydroxylation sites is 1. The third kappa shape index (κ3) is 5.46. The zero-order valence-corrected chi connectivity index (χ0v) is 21.8. The minimum absolute atomic E-state index is 0.0690. The monoisotopic (exact) mass is 523 g/mol. The predicted molar refractivity (Wildman–Crippen MR) is 143 cm³/mol. The zero-order valence-electron chi connectivity index (χ0n) is 21.8. The lowest BCUT2D eigenvalue weighted by molar-refractivity contribution is 0.0932. The fraction of sp³-hybridized carbons (Fsp3) is 0.429. The number of H-pyrrole nitrogens is 1. The van der Waals surface area contributed by atoms with Gasteiger partial charge in [0.15, 0.2) is 11.6 Å². The highest BCUT2D eigenvalue weighted by Gasteiger charge is 2.33. The summed E-state index contributed by atoms with van der Waals surface area (Å²) in [4.78, 5) is 23.3. The van der Waals surface area contributed by atoms with E-state index in [2.05, 4.69) is 32.5 Å². The van der Waals surface area contributed by atoms with Crippen LogP contribution in [0, 0.1) is 5.82 Å². The number of methoxy groups -OCH3 is 1. The van der Waals surface area contributed by atoms with Gasteiger partial charge >= 0.3 is 0 Å². The van der Waals surface area contributed by atoms with Crippen LogP contribution in [0.15, 0.2) is 36.7 Å². The van der Waals surface area contributed by atoms with Crippen LogP contribution in [0.4, 0.5) is 15.8 Å². The van der Waals surface area contributed by atoms with E-state index in [-0.39, 0.29) is 17.6 Å². The summed E-state index contributed by atoms with van der Waals surface area (Å²) in [5.41, 5.74) is 3.75. The molecule has 9 nitrogen and oxygen atoms in total. The molecule has 0 saturated carbocycles. The zero-order chi connectivity index (χ0) is 26.5. The van der Waals surface area contributed by atoms with Crippen molar-refractivity contribution in [1.29, 1.82) is 0 Å². The van der Waals surface area contributed by atoms with Crippen molar-refractivity contribution in [2.75, 3.05) is 58.9 Å². The van der Waals surface area contributed by atoms with E-state index in [0.29, 0.717) is 54.7 Å². The van der Waals surface area contributed by atoms with Gasteiger partial charge in [0.25, 0.3) is 5.91 Å². The molecular weight excluding hydrogens is 489 g/mol. The highest BCUT2D eigenvalue weighted by molar-refractivity contribution is 6.07. The van der Waals surface area contributed by atoms with Gasteiger partial charge in [-0.3, -0.25) is 9.78 Å². The van der Waals surface area contributed by atoms with Gasteiger partial charge < -0.3 is 34.7 Å². The van der Waals surface area contributed by atoms with Crippen molar-refractivity contribution in [2.24, 2.45) is 0 Å². The Hall–Kier alpha value is -3.63. The topological polar surface area (TPSA) is 101 Å². The van der Waals surface area contributed by atoms with E-state index in [1.807, 2.05) is 6.07 Å². The molecule has 3 N–H and O–H groups in total. The molecule has 0 aliphatic carbocycles. The summed E-state index contributed by atoms with van der Waals surface area (Å²) in [5, 5.41) is 6.35. The van der Waals surface area contributed by atoms with Gasteiger partial charge in [-0.15, -0.1) is 0 Å². The molecule has 10 heteroatoms. The van der Waals surface area contributed by atoms with E-state index in [9.17, 15) is 9.18 Å². The minimum atomic E-state index is -0.495. The maximum Gasteiger partial charge on any atom is 0.255 e. The number of aromatic amines is 1. The Balaban J connectivity index is 1.61. The largest absolute Gasteiger partial charge is 0.492 e. The number of rotatable bonds is 3. The summed E-state index contributed by atoms with van der Waals surface area (Å²) in [6, 6.07) is 6.52. The third-order valence-electron chi connectivity index (χ3n) is 7.06. The lowest BCUT2D eigenvalue weighted by Crippen LogP contribution is -2.35. The number of carbonyl (C=O) groups is 1. The molecule has 0 spiro atoms. The Morgan fingerprint density at radius 2 is 2.08 bits per heavy atom. The maximum atomic E-state index is 14.6. The number of carbonyl (C=O) groups excluding carboxylic acids is 1. The van der Waals surface area contributed by atoms with Crippen molar-refractivity contribution in [1.82, 2.24) is 20.2 Å². The van der Waals surface area contributed by atoms with Gasteiger partial charge in [-0.25, -0.2) is 4.39 Å². The van der Waals surface area contributed by atoms with Crippen LogP contribution >= 0.6 is 0 Å². The Labute approximate surface area is 221 Å². The van der Waals surface area contributed by atoms with E-state index in [4.69, 9.17) is 14.2 Å². The van der Waals surface area contributed by atoms with Crippen LogP contribution in [0.1, 0.15) is 41.2 Å². The summed E-state index contributed by atoms with van der Waals surface area (Å²) >= 11 is 0. The number of likely N-dealkylation sites (N-methyl/N-ethyl adjacent to an activating group) is 1. The summed E-state index contributed by atoms with van der Waals surface area (Å²) < 4.78 is 32.0. The molecule has 1 atom stereocenters. The number of pyridine rings is 1. The number of amides is 1. The normalized spacial score (nSPS) is 19.0. The molecule has 1 amide bonds. The standard InChI is InChI=1S/C28H34FN5O4/c1-34-11-5-14-38-22-17-30-10-9-19(22)25-26(32-21-8-3-7-20(29)27(21)36-2)23-24(33-25)18(16-31-28(23)35)6-4-13-37-15-12-34/h3,7-10,17-18,32-33H,4-6,11-16H2,1-2H3,(H,31,35). The second kappa shape index (κ2) is 11.8. The fourth-order valence-electron chi connectivity index (χ4n) is 5.07. The molecule has 2 aliphatic rings. The quantitative estimate of drug-likeness (QED) is 0.471. The number of ether oxygens (including phenoxy) is 3. The SMILES string of the molecule is COc1c(F)cccc1Nc1c2[nH]c3c1C(=O)NCC3CCCOCCN(C)CCCOc1cnccc1-2. The average Bonchev–Trinajstić information content (AvgIpc) is 3.29. The second-order valence-corrected chi connectivity index (χ2v) is 9.65. The van der Waals surface area contributed by atoms with Crippen molar-refractivity contribution in [3.8, 4) is 22.8 Å². The third-order valence-corrected chi connectivity index (χ3v) is 7.06. The summed E-state index contributed by atoms with van der Waals surface area (Å²) in [6.45, 7) is 4.10. The van der Waals surface area contributed by atoms with Gasteiger partial charge in [-0.2, -0.15) is 0 Å². The van der Waals surface area contributed by atoms with Crippen LogP contribution in [0.25, 0.3) is 11.3 Å². The van der Waals surface area contributed by atoms with Gasteiger partial charge in [0.05, 0.1) is 49.2 Å². The Bertz CT molecular complexity index is 1280. The van der Waals surface area contributed by atoms with Gasteiger partial charge in [-0.1, -0.05) is 6.07 Å². The number of hydrogen-bond donors (Lipinski definition) is 3. The van der Waals surface area contributed by atoms with Crippen molar-refractivity contribution >= 4 is 17.3 Å². The molecule has 2 bridgehead atoms. The highest BCUT2D eigenvalue weighted by atomic mass is 19.1. The Kier molecular flexibility index (Phi) is 8.09. The van der Waals surface area contributed by atoms with Crippen molar-refractivity contribution in [2.45, 2.75) is 25.2 Å². The molecule has 5 rings (SSSR count). The van der Waals surface area contributed by atoms with E-state index < -0.39 is 5.82 Å². The second-order valence-electron chi connectivity index (χ2n) is 9.65. The Morgan fingerprint density at radius 3 is 2.95 bits per heavy atom. The first kappa shape index (κ1) is 26.0. The molecule has 0 fully saturated rings. The first-order valence-corrected chi connectivity index (χ1v) is 13.0. The molecule has 3 aromatic rings. The molecule has 2 aliphatic heterocycles. The van der Waals surface area contributed by atoms with Crippen molar-refractivity contribution in [3.63, 3.8) is 0 Å². The van der Waals surface area contributed by atoms with Crippen LogP contribution in [0.5, 0.6) is 11.5 Å². The van der Waals surface area contributed by atoms with E-state index in [1.165, 1.54) is 13.2 Å². The number of halogens is 1. The summed E-state index contributed by atoms with van der Waals surface area (Å²) in [5.74, 6) is 0.0576. The number of aromatic nitrogens is 2. The molecule has 1 aromatic carbocycles. The number of nitrogens with one attached hydrogen (secondary N) is 3. The summed E-state index contributed by atoms with van der Waals surface area (Å²) in [7, 11) is 3.50. The maximum absolute atomic E-state index is 14.6. The lowest BCUT2D eigenvalue weighted by Gasteiger charge is -2.24. The van der Waals surface area contributed by atoms with Crippen molar-refractivity contribution in [3.05, 3.63) is 53.7 Å². The molecule has 202 valence electrons. The molecule has 0 radical (unpaired) electrons. The number of nitrogens with zero attached hydrogens (tertiary/aromatic N) is 2. The first-order chi connectivity index (χ1) is 18.6. The number of benzene rings is 1. The molecule has 38 heavy (non-hydrogen) atoms. The molecule has 0 saturated heterocycles. The van der Waals surface area contributed by atoms with E-state index >= 15 is 0 Å². The first-order valence-electron chi connectivity index (χ1n) is 13.0. The van der Waals surface area contributed by atoms with Crippen LogP contribution in [0.2, 0.25) is 0 Å². The average molecular weight is 524 g/mol. The van der Waals surface area contributed by atoms with Crippen molar-refractivity contribution < 1.29 is 23.4 Å². The smallest absolute Gasteiger partial charge is 0.255 e. The summed E-state index contributed by atoms with van der Waals surface area (Å²) in [6.07, 6.45) is 5.92. The van der Waals surface area contributed by atoms with Gasteiger partial charge in [0.1, 0.15) is 5.75 Å². The lowest BCUT2D eigenvalue weighted by atomic mass is 9.92. The molecular formula is C28H34FN5O4. The van der Waals surface area contributed by atoms with Gasteiger partial charge in [-0.05, 0) is 44.5 Å². The van der Waals surface area contributed by atoms with Crippen LogP contribution in [-0.2, 0) is 4.74 Å². The van der Waals surface area contributed by atoms with Crippen LogP contribution in [0.3, 0.4) is 0 Å². The minimum Gasteiger partial charge on any atom is -0.492 e. The number of anilines is 2. The van der Waals surface area contributed by atoms with Crippen LogP contribution in [-0.4, -0.2) is 74.4 Å².